The molecular weight excluding hydrogens is 332 g/mol. The molecule has 0 aliphatic heterocycles. The average molecular weight is 350 g/mol. The van der Waals surface area contributed by atoms with Gasteiger partial charge in [0, 0.05) is 5.69 Å². The molecule has 0 radical (unpaired) electrons. The third kappa shape index (κ3) is 2.96. The number of imidazole rings is 1. The summed E-state index contributed by atoms with van der Waals surface area (Å²) in [7, 11) is -3.75. The summed E-state index contributed by atoms with van der Waals surface area (Å²) in [6.45, 7) is 5.77. The van der Waals surface area contributed by atoms with Crippen LogP contribution in [0.5, 0.6) is 0 Å². The molecule has 1 N–H and O–H groups in total. The Bertz CT molecular complexity index is 940. The Labute approximate surface area is 139 Å². The molecule has 0 saturated carbocycles. The fourth-order valence-corrected chi connectivity index (χ4v) is 4.60. The van der Waals surface area contributed by atoms with Crippen molar-refractivity contribution >= 4 is 32.0 Å². The molecule has 3 aromatic rings. The first-order chi connectivity index (χ1) is 10.9. The van der Waals surface area contributed by atoms with Crippen molar-refractivity contribution in [3.05, 3.63) is 40.5 Å². The Hall–Kier alpha value is -1.93. The van der Waals surface area contributed by atoms with Gasteiger partial charge in [0.25, 0.3) is 10.0 Å². The van der Waals surface area contributed by atoms with Crippen molar-refractivity contribution in [1.82, 2.24) is 14.6 Å². The molecule has 1 aromatic carbocycles. The molecule has 0 bridgehead atoms. The number of nitrogens with one attached hydrogen (secondary N) is 1. The fraction of sp³-hybridized carbons (Fsp3) is 0.333. The van der Waals surface area contributed by atoms with Crippen LogP contribution in [0.3, 0.4) is 0 Å². The van der Waals surface area contributed by atoms with Crippen molar-refractivity contribution in [1.29, 1.82) is 0 Å². The summed E-state index contributed by atoms with van der Waals surface area (Å²) >= 11 is 1.38. The van der Waals surface area contributed by atoms with Crippen LogP contribution >= 0.6 is 11.3 Å². The summed E-state index contributed by atoms with van der Waals surface area (Å²) in [5, 5.41) is 5.17. The van der Waals surface area contributed by atoms with Gasteiger partial charge in [0.2, 0.25) is 9.99 Å². The molecule has 2 heterocycles. The van der Waals surface area contributed by atoms with Gasteiger partial charge < -0.3 is 0 Å². The van der Waals surface area contributed by atoms with E-state index in [9.17, 15) is 8.42 Å². The van der Waals surface area contributed by atoms with Crippen molar-refractivity contribution in [2.24, 2.45) is 0 Å². The molecule has 122 valence electrons. The Morgan fingerprint density at radius 1 is 1.17 bits per heavy atom. The highest BCUT2D eigenvalue weighted by Crippen LogP contribution is 2.24. The molecule has 3 rings (SSSR count). The van der Waals surface area contributed by atoms with Gasteiger partial charge in [-0.25, -0.2) is 4.98 Å². The molecular formula is C15H18N4O2S2. The molecule has 0 atom stereocenters. The third-order valence-electron chi connectivity index (χ3n) is 3.53. The van der Waals surface area contributed by atoms with E-state index in [2.05, 4.69) is 21.7 Å². The molecule has 0 aliphatic rings. The minimum absolute atomic E-state index is 0.124. The number of fused-ring (bicyclic) bond motifs is 1. The van der Waals surface area contributed by atoms with Crippen LogP contribution in [-0.4, -0.2) is 23.0 Å². The van der Waals surface area contributed by atoms with Gasteiger partial charge in [-0.1, -0.05) is 37.3 Å². The molecule has 0 amide bonds. The van der Waals surface area contributed by atoms with Gasteiger partial charge >= 0.3 is 0 Å². The number of rotatable bonds is 5. The van der Waals surface area contributed by atoms with Crippen LogP contribution in [0.4, 0.5) is 5.69 Å². The number of sulfonamides is 1. The Morgan fingerprint density at radius 2 is 1.87 bits per heavy atom. The third-order valence-corrected chi connectivity index (χ3v) is 5.78. The lowest BCUT2D eigenvalue weighted by molar-refractivity contribution is 0.591. The number of benzene rings is 1. The van der Waals surface area contributed by atoms with Gasteiger partial charge in [-0.2, -0.15) is 18.0 Å². The lowest BCUT2D eigenvalue weighted by Crippen LogP contribution is -2.17. The molecule has 0 unspecified atom stereocenters. The van der Waals surface area contributed by atoms with Crippen LogP contribution in [-0.2, 0) is 22.9 Å². The highest BCUT2D eigenvalue weighted by atomic mass is 32.2. The van der Waals surface area contributed by atoms with Crippen molar-refractivity contribution in [2.75, 3.05) is 4.72 Å². The van der Waals surface area contributed by atoms with E-state index in [1.807, 2.05) is 26.0 Å². The van der Waals surface area contributed by atoms with Crippen LogP contribution in [0, 0.1) is 6.92 Å². The summed E-state index contributed by atoms with van der Waals surface area (Å²) in [5.41, 5.74) is 2.22. The highest BCUT2D eigenvalue weighted by molar-refractivity contribution is 7.92. The van der Waals surface area contributed by atoms with Crippen LogP contribution in [0.15, 0.2) is 29.3 Å². The molecule has 6 nitrogen and oxygen atoms in total. The maximum Gasteiger partial charge on any atom is 0.281 e. The minimum Gasteiger partial charge on any atom is -0.278 e. The Kier molecular flexibility index (Phi) is 4.11. The normalized spacial score (nSPS) is 12.0. The largest absolute Gasteiger partial charge is 0.281 e. The molecule has 2 aromatic heterocycles. The van der Waals surface area contributed by atoms with Crippen molar-refractivity contribution in [3.63, 3.8) is 0 Å². The van der Waals surface area contributed by atoms with E-state index in [1.165, 1.54) is 15.9 Å². The second-order valence-electron chi connectivity index (χ2n) is 5.19. The van der Waals surface area contributed by atoms with Gasteiger partial charge in [0.1, 0.15) is 5.01 Å². The summed E-state index contributed by atoms with van der Waals surface area (Å²) in [4.78, 5) is 4.99. The van der Waals surface area contributed by atoms with Gasteiger partial charge in [-0.05, 0) is 37.5 Å². The second kappa shape index (κ2) is 5.93. The number of anilines is 1. The molecule has 0 aliphatic carbocycles. The van der Waals surface area contributed by atoms with Gasteiger partial charge in [0.15, 0.2) is 0 Å². The first-order valence-corrected chi connectivity index (χ1v) is 9.71. The summed E-state index contributed by atoms with van der Waals surface area (Å²) < 4.78 is 29.7. The predicted octanol–water partition coefficient (Wildman–Crippen LogP) is 3.02. The second-order valence-corrected chi connectivity index (χ2v) is 7.95. The topological polar surface area (TPSA) is 76.4 Å². The van der Waals surface area contributed by atoms with E-state index in [1.54, 1.807) is 12.1 Å². The molecule has 0 saturated heterocycles. The number of aromatic nitrogens is 3. The molecule has 8 heteroatoms. The smallest absolute Gasteiger partial charge is 0.278 e. The lowest BCUT2D eigenvalue weighted by atomic mass is 10.2. The fourth-order valence-electron chi connectivity index (χ4n) is 2.38. The zero-order chi connectivity index (χ0) is 16.6. The van der Waals surface area contributed by atoms with E-state index in [4.69, 9.17) is 0 Å². The van der Waals surface area contributed by atoms with E-state index in [0.29, 0.717) is 22.8 Å². The van der Waals surface area contributed by atoms with Gasteiger partial charge in [-0.15, -0.1) is 0 Å². The number of hydrogen-bond donors (Lipinski definition) is 1. The number of hydrogen-bond acceptors (Lipinski definition) is 5. The average Bonchev–Trinajstić information content (AvgIpc) is 3.02. The lowest BCUT2D eigenvalue weighted by Gasteiger charge is -2.08. The summed E-state index contributed by atoms with van der Waals surface area (Å²) in [6.07, 6.45) is 1.44. The van der Waals surface area contributed by atoms with Crippen molar-refractivity contribution in [2.45, 2.75) is 38.6 Å². The predicted molar refractivity (Wildman–Crippen MR) is 91.6 cm³/mol. The monoisotopic (exact) mass is 350 g/mol. The van der Waals surface area contributed by atoms with E-state index < -0.39 is 10.0 Å². The molecule has 0 fully saturated rings. The Morgan fingerprint density at radius 3 is 2.48 bits per heavy atom. The minimum atomic E-state index is -3.75. The number of nitrogens with zero attached hydrogens (tertiary/aromatic N) is 3. The van der Waals surface area contributed by atoms with Crippen molar-refractivity contribution < 1.29 is 8.42 Å². The first-order valence-electron chi connectivity index (χ1n) is 7.41. The van der Waals surface area contributed by atoms with Crippen LogP contribution in [0.1, 0.15) is 30.1 Å². The summed E-state index contributed by atoms with van der Waals surface area (Å²) in [5.74, 6) is 0. The van der Waals surface area contributed by atoms with Crippen LogP contribution in [0.25, 0.3) is 4.96 Å². The zero-order valence-corrected chi connectivity index (χ0v) is 14.8. The van der Waals surface area contributed by atoms with E-state index in [0.717, 1.165) is 17.0 Å². The van der Waals surface area contributed by atoms with E-state index in [-0.39, 0.29) is 5.03 Å². The molecule has 23 heavy (non-hydrogen) atoms. The molecule has 0 spiro atoms. The summed E-state index contributed by atoms with van der Waals surface area (Å²) in [6, 6.07) is 7.37. The maximum absolute atomic E-state index is 12.8. The zero-order valence-electron chi connectivity index (χ0n) is 13.2. The SMILES string of the molecule is CCc1ccc(NS(=O)(=O)c2c(CC)nc3sc(C)nn23)cc1. The van der Waals surface area contributed by atoms with Crippen LogP contribution in [0.2, 0.25) is 0 Å². The van der Waals surface area contributed by atoms with E-state index >= 15 is 0 Å². The van der Waals surface area contributed by atoms with Crippen molar-refractivity contribution in [3.8, 4) is 0 Å². The Balaban J connectivity index is 2.04. The number of aryl methyl sites for hydroxylation is 3. The standard InChI is InChI=1S/C15H18N4O2S2/c1-4-11-6-8-12(9-7-11)18-23(20,21)14-13(5-2)16-15-19(14)17-10(3)22-15/h6-9,18H,4-5H2,1-3H3. The highest BCUT2D eigenvalue weighted by Gasteiger charge is 2.26. The van der Waals surface area contributed by atoms with Crippen LogP contribution < -0.4 is 4.72 Å². The first kappa shape index (κ1) is 15.9. The quantitative estimate of drug-likeness (QED) is 0.767. The maximum atomic E-state index is 12.8. The van der Waals surface area contributed by atoms with Gasteiger partial charge in [0.05, 0.1) is 5.69 Å². The van der Waals surface area contributed by atoms with Gasteiger partial charge in [-0.3, -0.25) is 4.72 Å².